The summed E-state index contributed by atoms with van der Waals surface area (Å²) in [6.07, 6.45) is 29.7. The highest BCUT2D eigenvalue weighted by atomic mass is 31.1. The van der Waals surface area contributed by atoms with Crippen molar-refractivity contribution in [2.24, 2.45) is 0 Å². The van der Waals surface area contributed by atoms with E-state index in [-0.39, 0.29) is 15.8 Å². The lowest BCUT2D eigenvalue weighted by Gasteiger charge is -2.38. The molecular formula is C44H58P2. The fraction of sp³-hybridized carbons (Fsp3) is 0.545. The van der Waals surface area contributed by atoms with Crippen LogP contribution in [0.25, 0.3) is 21.5 Å². The van der Waals surface area contributed by atoms with E-state index in [0.29, 0.717) is 0 Å². The number of rotatable bonds is 6. The van der Waals surface area contributed by atoms with Crippen LogP contribution in [0.15, 0.2) is 84.9 Å². The smallest absolute Gasteiger partial charge is 0.0166 e. The second kappa shape index (κ2) is 16.6. The lowest BCUT2D eigenvalue weighted by molar-refractivity contribution is 0.487. The summed E-state index contributed by atoms with van der Waals surface area (Å²) in [4.78, 5) is 0. The van der Waals surface area contributed by atoms with E-state index in [1.54, 1.807) is 10.6 Å². The minimum Gasteiger partial charge on any atom is -0.0689 e. The Hall–Kier alpha value is -1.74. The van der Waals surface area contributed by atoms with E-state index in [1.165, 1.54) is 150 Å². The molecule has 8 rings (SSSR count). The molecule has 4 fully saturated rings. The predicted octanol–water partition coefficient (Wildman–Crippen LogP) is 13.2. The fourth-order valence-corrected chi connectivity index (χ4v) is 17.2. The Labute approximate surface area is 283 Å². The molecule has 244 valence electrons. The Kier molecular flexibility index (Phi) is 11.8. The first-order valence-corrected chi connectivity index (χ1v) is 22.3. The van der Waals surface area contributed by atoms with Crippen LogP contribution in [-0.2, 0) is 0 Å². The van der Waals surface area contributed by atoms with Crippen LogP contribution >= 0.6 is 15.8 Å². The molecule has 2 heteroatoms. The summed E-state index contributed by atoms with van der Waals surface area (Å²) in [5.41, 5.74) is 4.01. The van der Waals surface area contributed by atoms with Crippen molar-refractivity contribution in [1.82, 2.24) is 0 Å². The largest absolute Gasteiger partial charge is 0.0689 e. The summed E-state index contributed by atoms with van der Waals surface area (Å²) in [6, 6.07) is 32.6. The summed E-state index contributed by atoms with van der Waals surface area (Å²) in [7, 11) is 0.0694. The lowest BCUT2D eigenvalue weighted by Crippen LogP contribution is -2.26. The van der Waals surface area contributed by atoms with E-state index in [4.69, 9.17) is 0 Å². The topological polar surface area (TPSA) is 0 Å². The molecule has 0 atom stereocenters. The normalized spacial score (nSPS) is 21.1. The summed E-state index contributed by atoms with van der Waals surface area (Å²) in [6.45, 7) is 0. The standard InChI is InChI=1S/2C22H29P/c2*1-3-11-20(12-4-1)23(21-13-5-2-6-14-21)22-16-15-18-9-7-8-10-19(18)17-22/h2*7-10,15-17,20-21H,1-6,11-14H2. The molecular weight excluding hydrogens is 590 g/mol. The van der Waals surface area contributed by atoms with Gasteiger partial charge in [0.15, 0.2) is 0 Å². The number of hydrogen-bond donors (Lipinski definition) is 0. The summed E-state index contributed by atoms with van der Waals surface area (Å²) in [5, 5.41) is 9.11. The molecule has 0 saturated heterocycles. The van der Waals surface area contributed by atoms with Crippen LogP contribution < -0.4 is 10.6 Å². The van der Waals surface area contributed by atoms with Crippen molar-refractivity contribution >= 4 is 48.0 Å². The maximum Gasteiger partial charge on any atom is -0.0166 e. The predicted molar refractivity (Wildman–Crippen MR) is 208 cm³/mol. The molecule has 0 N–H and O–H groups in total. The maximum atomic E-state index is 2.55. The quantitative estimate of drug-likeness (QED) is 0.183. The molecule has 4 saturated carbocycles. The Morgan fingerprint density at radius 3 is 0.891 bits per heavy atom. The van der Waals surface area contributed by atoms with E-state index in [1.807, 2.05) is 0 Å². The number of hydrogen-bond acceptors (Lipinski definition) is 0. The third kappa shape index (κ3) is 8.10. The second-order valence-electron chi connectivity index (χ2n) is 15.0. The third-order valence-electron chi connectivity index (χ3n) is 11.9. The Bertz CT molecular complexity index is 1350. The zero-order valence-corrected chi connectivity index (χ0v) is 30.2. The fourth-order valence-electron chi connectivity index (χ4n) is 9.55. The van der Waals surface area contributed by atoms with Crippen molar-refractivity contribution in [3.63, 3.8) is 0 Å². The Morgan fingerprint density at radius 1 is 0.304 bits per heavy atom. The molecule has 4 aliphatic carbocycles. The van der Waals surface area contributed by atoms with Gasteiger partial charge in [-0.15, -0.1) is 0 Å². The summed E-state index contributed by atoms with van der Waals surface area (Å²) < 4.78 is 0. The molecule has 0 aliphatic heterocycles. The zero-order chi connectivity index (χ0) is 31.0. The van der Waals surface area contributed by atoms with Crippen molar-refractivity contribution in [3.05, 3.63) is 84.9 Å². The van der Waals surface area contributed by atoms with Gasteiger partial charge >= 0.3 is 0 Å². The van der Waals surface area contributed by atoms with Crippen LogP contribution in [0, 0.1) is 0 Å². The van der Waals surface area contributed by atoms with E-state index < -0.39 is 0 Å². The first-order valence-electron chi connectivity index (χ1n) is 19.4. The monoisotopic (exact) mass is 648 g/mol. The SMILES string of the molecule is c1ccc2cc(P(C3CCCCC3)C3CCCCC3)ccc2c1.c1ccc2cc(P(C3CCCCC3)C3CCCCC3)ccc2c1. The van der Waals surface area contributed by atoms with Crippen molar-refractivity contribution in [1.29, 1.82) is 0 Å². The van der Waals surface area contributed by atoms with E-state index in [0.717, 1.165) is 22.6 Å². The van der Waals surface area contributed by atoms with E-state index in [2.05, 4.69) is 84.9 Å². The van der Waals surface area contributed by atoms with Crippen LogP contribution in [0.5, 0.6) is 0 Å². The summed E-state index contributed by atoms with van der Waals surface area (Å²) in [5.74, 6) is 0. The van der Waals surface area contributed by atoms with Crippen LogP contribution in [0.1, 0.15) is 128 Å². The summed E-state index contributed by atoms with van der Waals surface area (Å²) >= 11 is 0. The van der Waals surface area contributed by atoms with E-state index >= 15 is 0 Å². The van der Waals surface area contributed by atoms with Gasteiger partial charge in [-0.3, -0.25) is 0 Å². The van der Waals surface area contributed by atoms with Gasteiger partial charge in [0.2, 0.25) is 0 Å². The van der Waals surface area contributed by atoms with Gasteiger partial charge in [0.1, 0.15) is 0 Å². The molecule has 46 heavy (non-hydrogen) atoms. The van der Waals surface area contributed by atoms with Gasteiger partial charge < -0.3 is 0 Å². The van der Waals surface area contributed by atoms with Crippen LogP contribution in [0.3, 0.4) is 0 Å². The number of fused-ring (bicyclic) bond motifs is 2. The van der Waals surface area contributed by atoms with E-state index in [9.17, 15) is 0 Å². The molecule has 4 aromatic carbocycles. The molecule has 0 heterocycles. The van der Waals surface area contributed by atoms with Gasteiger partial charge in [0.25, 0.3) is 0 Å². The van der Waals surface area contributed by atoms with Gasteiger partial charge in [-0.25, -0.2) is 0 Å². The Balaban J connectivity index is 0.000000147. The van der Waals surface area contributed by atoms with Gasteiger partial charge in [-0.2, -0.15) is 0 Å². The minimum absolute atomic E-state index is 0.0347. The van der Waals surface area contributed by atoms with Crippen molar-refractivity contribution in [3.8, 4) is 0 Å². The van der Waals surface area contributed by atoms with Crippen LogP contribution in [-0.4, -0.2) is 22.6 Å². The zero-order valence-electron chi connectivity index (χ0n) is 28.4. The first-order chi connectivity index (χ1) is 22.8. The molecule has 0 bridgehead atoms. The molecule has 0 radical (unpaired) electrons. The van der Waals surface area contributed by atoms with Gasteiger partial charge in [-0.1, -0.05) is 166 Å². The minimum atomic E-state index is 0.0347. The highest BCUT2D eigenvalue weighted by molar-refractivity contribution is 7.67. The van der Waals surface area contributed by atoms with Crippen LogP contribution in [0.4, 0.5) is 0 Å². The average molecular weight is 649 g/mol. The maximum absolute atomic E-state index is 2.55. The molecule has 0 unspecified atom stereocenters. The lowest BCUT2D eigenvalue weighted by atomic mass is 9.99. The van der Waals surface area contributed by atoms with Gasteiger partial charge in [-0.05, 0) is 118 Å². The third-order valence-corrected chi connectivity index (χ3v) is 18.9. The molecule has 0 spiro atoms. The molecule has 0 amide bonds. The molecule has 0 aromatic heterocycles. The highest BCUT2D eigenvalue weighted by Gasteiger charge is 2.33. The first kappa shape index (κ1) is 32.8. The molecule has 4 aliphatic rings. The van der Waals surface area contributed by atoms with Gasteiger partial charge in [0, 0.05) is 0 Å². The average Bonchev–Trinajstić information content (AvgIpc) is 3.14. The Morgan fingerprint density at radius 2 is 0.587 bits per heavy atom. The molecule has 0 nitrogen and oxygen atoms in total. The highest BCUT2D eigenvalue weighted by Crippen LogP contribution is 2.56. The van der Waals surface area contributed by atoms with Crippen LogP contribution in [0.2, 0.25) is 0 Å². The number of benzene rings is 4. The second-order valence-corrected chi connectivity index (χ2v) is 20.6. The van der Waals surface area contributed by atoms with Crippen molar-refractivity contribution < 1.29 is 0 Å². The van der Waals surface area contributed by atoms with Gasteiger partial charge in [0.05, 0.1) is 0 Å². The molecule has 4 aromatic rings. The van der Waals surface area contributed by atoms with Crippen molar-refractivity contribution in [2.75, 3.05) is 0 Å². The van der Waals surface area contributed by atoms with Crippen molar-refractivity contribution in [2.45, 2.75) is 151 Å².